The summed E-state index contributed by atoms with van der Waals surface area (Å²) in [4.78, 5) is 24.6. The van der Waals surface area contributed by atoms with Gasteiger partial charge in [0.05, 0.1) is 19.1 Å². The van der Waals surface area contributed by atoms with Crippen molar-refractivity contribution >= 4 is 11.9 Å². The Morgan fingerprint density at radius 2 is 1.52 bits per heavy atom. The van der Waals surface area contributed by atoms with Crippen molar-refractivity contribution in [3.05, 3.63) is 71.8 Å². The van der Waals surface area contributed by atoms with Gasteiger partial charge in [0.1, 0.15) is 13.1 Å². The summed E-state index contributed by atoms with van der Waals surface area (Å²) in [6.45, 7) is 1.90. The van der Waals surface area contributed by atoms with E-state index in [1.165, 1.54) is 0 Å². The average molecular weight is 395 g/mol. The Morgan fingerprint density at radius 3 is 2.00 bits per heavy atom. The largest absolute Gasteiger partial charge is 0.544 e. The van der Waals surface area contributed by atoms with E-state index >= 15 is 0 Å². The molecule has 2 aromatic carbocycles. The number of carbonyl (C=O) groups is 2. The number of rotatable bonds is 6. The van der Waals surface area contributed by atoms with Crippen LogP contribution in [0.1, 0.15) is 24.0 Å². The maximum Gasteiger partial charge on any atom is 0.348 e. The number of hydrogen-bond acceptors (Lipinski definition) is 5. The van der Waals surface area contributed by atoms with Crippen molar-refractivity contribution in [2.24, 2.45) is 5.92 Å². The van der Waals surface area contributed by atoms with Crippen LogP contribution in [0.5, 0.6) is 0 Å². The van der Waals surface area contributed by atoms with Crippen molar-refractivity contribution in [1.29, 1.82) is 0 Å². The molecule has 6 heteroatoms. The van der Waals surface area contributed by atoms with Gasteiger partial charge in [-0.2, -0.15) is 0 Å². The number of aliphatic carboxylic acids is 1. The predicted octanol–water partition coefficient (Wildman–Crippen LogP) is 0.825. The van der Waals surface area contributed by atoms with E-state index in [0.29, 0.717) is 22.2 Å². The molecule has 3 aliphatic heterocycles. The van der Waals surface area contributed by atoms with E-state index in [0.717, 1.165) is 25.9 Å². The monoisotopic (exact) mass is 395 g/mol. The summed E-state index contributed by atoms with van der Waals surface area (Å²) in [7, 11) is 0. The number of quaternary nitrogens is 1. The summed E-state index contributed by atoms with van der Waals surface area (Å²) >= 11 is 0. The third-order valence-corrected chi connectivity index (χ3v) is 6.44. The fourth-order valence-electron chi connectivity index (χ4n) is 4.83. The zero-order valence-corrected chi connectivity index (χ0v) is 16.2. The van der Waals surface area contributed by atoms with E-state index in [9.17, 15) is 19.8 Å². The first-order valence-electron chi connectivity index (χ1n) is 10.0. The maximum absolute atomic E-state index is 13.3. The number of benzene rings is 2. The zero-order chi connectivity index (χ0) is 20.5. The van der Waals surface area contributed by atoms with E-state index in [2.05, 4.69) is 0 Å². The predicted molar refractivity (Wildman–Crippen MR) is 103 cm³/mol. The summed E-state index contributed by atoms with van der Waals surface area (Å²) in [5, 5.41) is 22.8. The molecule has 3 saturated heterocycles. The molecule has 0 spiro atoms. The highest BCUT2D eigenvalue weighted by Crippen LogP contribution is 2.38. The average Bonchev–Trinajstić information content (AvgIpc) is 2.74. The fourth-order valence-corrected chi connectivity index (χ4v) is 4.83. The lowest BCUT2D eigenvalue weighted by molar-refractivity contribution is -0.941. The zero-order valence-electron chi connectivity index (χ0n) is 16.2. The van der Waals surface area contributed by atoms with Gasteiger partial charge >= 0.3 is 5.97 Å². The summed E-state index contributed by atoms with van der Waals surface area (Å²) in [6, 6.07) is 17.5. The number of esters is 1. The lowest BCUT2D eigenvalue weighted by Crippen LogP contribution is -2.67. The van der Waals surface area contributed by atoms with Crippen molar-refractivity contribution < 1.29 is 29.0 Å². The normalized spacial score (nSPS) is 26.1. The molecule has 29 heavy (non-hydrogen) atoms. The van der Waals surface area contributed by atoms with Gasteiger partial charge in [-0.1, -0.05) is 60.7 Å². The van der Waals surface area contributed by atoms with Crippen molar-refractivity contribution in [3.8, 4) is 0 Å². The summed E-state index contributed by atoms with van der Waals surface area (Å²) < 4.78 is 6.27. The minimum atomic E-state index is -1.92. The molecule has 0 amide bonds. The van der Waals surface area contributed by atoms with Gasteiger partial charge in [0.2, 0.25) is 5.60 Å². The molecular formula is C23H25NO5. The number of hydrogen-bond donors (Lipinski definition) is 1. The second kappa shape index (κ2) is 7.61. The van der Waals surface area contributed by atoms with Crippen LogP contribution in [0.3, 0.4) is 0 Å². The van der Waals surface area contributed by atoms with Gasteiger partial charge in [-0.15, -0.1) is 0 Å². The van der Waals surface area contributed by atoms with E-state index in [1.807, 2.05) is 12.1 Å². The minimum Gasteiger partial charge on any atom is -0.544 e. The van der Waals surface area contributed by atoms with Crippen LogP contribution in [0.2, 0.25) is 0 Å². The number of carboxylic acid groups (broad SMARTS) is 1. The lowest BCUT2D eigenvalue weighted by atomic mass is 9.82. The van der Waals surface area contributed by atoms with Gasteiger partial charge in [-0.05, 0) is 11.1 Å². The number of ether oxygens (including phenoxy) is 1. The Hall–Kier alpha value is -2.70. The Morgan fingerprint density at radius 1 is 1.00 bits per heavy atom. The summed E-state index contributed by atoms with van der Waals surface area (Å²) in [6.07, 6.45) is 1.20. The molecule has 152 valence electrons. The van der Waals surface area contributed by atoms with E-state index in [1.54, 1.807) is 48.5 Å². The number of nitrogens with zero attached hydrogens (tertiary/aromatic N) is 1. The van der Waals surface area contributed by atoms with Crippen LogP contribution in [-0.4, -0.2) is 53.8 Å². The molecule has 0 aromatic heterocycles. The van der Waals surface area contributed by atoms with Crippen LogP contribution >= 0.6 is 0 Å². The smallest absolute Gasteiger partial charge is 0.348 e. The molecule has 3 aliphatic rings. The second-order valence-corrected chi connectivity index (χ2v) is 8.23. The molecule has 0 saturated carbocycles. The third kappa shape index (κ3) is 3.66. The molecular weight excluding hydrogens is 370 g/mol. The lowest BCUT2D eigenvalue weighted by Gasteiger charge is -2.52. The molecule has 5 rings (SSSR count). The summed E-state index contributed by atoms with van der Waals surface area (Å²) in [5.74, 6) is -1.61. The van der Waals surface area contributed by atoms with Crippen LogP contribution in [0.15, 0.2) is 60.7 Å². The van der Waals surface area contributed by atoms with Crippen LogP contribution in [0, 0.1) is 5.92 Å². The van der Waals surface area contributed by atoms with Crippen molar-refractivity contribution in [2.75, 3.05) is 26.2 Å². The molecule has 2 aromatic rings. The molecule has 3 fully saturated rings. The Balaban J connectivity index is 1.62. The van der Waals surface area contributed by atoms with Crippen LogP contribution in [0.4, 0.5) is 0 Å². The van der Waals surface area contributed by atoms with Crippen molar-refractivity contribution in [1.82, 2.24) is 0 Å². The number of fused-ring (bicyclic) bond motifs is 3. The van der Waals surface area contributed by atoms with Gasteiger partial charge < -0.3 is 24.2 Å². The first-order valence-corrected chi connectivity index (χ1v) is 10.0. The van der Waals surface area contributed by atoms with Gasteiger partial charge in [-0.25, -0.2) is 4.79 Å². The topological polar surface area (TPSA) is 86.7 Å². The number of carbonyl (C=O) groups excluding carboxylic acids is 2. The molecule has 6 nitrogen and oxygen atoms in total. The summed E-state index contributed by atoms with van der Waals surface area (Å²) in [5.41, 5.74) is -1.04. The Bertz CT molecular complexity index is 835. The SMILES string of the molecule is O=C([O-])C[N+]12CCC(CC1)C(OC(=O)C(O)(c1ccccc1)c1ccccc1)C2. The quantitative estimate of drug-likeness (QED) is 0.578. The number of aliphatic hydroxyl groups is 1. The Labute approximate surface area is 169 Å². The fraction of sp³-hybridized carbons (Fsp3) is 0.391. The molecule has 0 aliphatic carbocycles. The van der Waals surface area contributed by atoms with Crippen molar-refractivity contribution in [3.63, 3.8) is 0 Å². The minimum absolute atomic E-state index is 0.0671. The maximum atomic E-state index is 13.3. The van der Waals surface area contributed by atoms with Gasteiger partial charge in [0.15, 0.2) is 6.10 Å². The molecule has 0 radical (unpaired) electrons. The second-order valence-electron chi connectivity index (χ2n) is 8.23. The first-order chi connectivity index (χ1) is 13.9. The van der Waals surface area contributed by atoms with Gasteiger partial charge in [0.25, 0.3) is 0 Å². The van der Waals surface area contributed by atoms with Crippen LogP contribution in [-0.2, 0) is 19.9 Å². The standard InChI is InChI=1S/C23H25NO5/c25-21(26)16-24-13-11-17(12-14-24)20(15-24)29-22(27)23(28,18-7-3-1-4-8-18)19-9-5-2-6-10-19/h1-10,17,20,28H,11-16H2. The molecule has 2 bridgehead atoms. The molecule has 1 atom stereocenters. The Kier molecular flexibility index (Phi) is 5.15. The highest BCUT2D eigenvalue weighted by atomic mass is 16.6. The highest BCUT2D eigenvalue weighted by Gasteiger charge is 2.50. The van der Waals surface area contributed by atoms with Crippen molar-refractivity contribution in [2.45, 2.75) is 24.5 Å². The number of carboxylic acids is 1. The van der Waals surface area contributed by atoms with E-state index in [-0.39, 0.29) is 12.5 Å². The van der Waals surface area contributed by atoms with Gasteiger partial charge in [-0.3, -0.25) is 0 Å². The number of piperidine rings is 3. The molecule has 1 unspecified atom stereocenters. The van der Waals surface area contributed by atoms with E-state index < -0.39 is 23.6 Å². The van der Waals surface area contributed by atoms with Gasteiger partial charge in [0, 0.05) is 18.8 Å². The van der Waals surface area contributed by atoms with Crippen LogP contribution < -0.4 is 5.11 Å². The molecule has 3 heterocycles. The first kappa shape index (κ1) is 19.6. The van der Waals surface area contributed by atoms with Crippen LogP contribution in [0.25, 0.3) is 0 Å². The third-order valence-electron chi connectivity index (χ3n) is 6.44. The molecule has 1 N–H and O–H groups in total. The van der Waals surface area contributed by atoms with E-state index in [4.69, 9.17) is 4.74 Å². The highest BCUT2D eigenvalue weighted by molar-refractivity contribution is 5.85.